The molecule has 2 N–H and O–H groups in total. The number of anilines is 1. The Kier molecular flexibility index (Phi) is 4.28. The largest absolute Gasteiger partial charge is 0.399 e. The molecule has 1 aliphatic carbocycles. The summed E-state index contributed by atoms with van der Waals surface area (Å²) in [5.41, 5.74) is 9.57. The molecule has 2 nitrogen and oxygen atoms in total. The summed E-state index contributed by atoms with van der Waals surface area (Å²) in [4.78, 5) is 2.64. The number of nitrogens with zero attached hydrogens (tertiary/aromatic N) is 1. The molecule has 2 rings (SSSR count). The van der Waals surface area contributed by atoms with Crippen molar-refractivity contribution in [3.8, 4) is 0 Å². The van der Waals surface area contributed by atoms with Crippen LogP contribution in [-0.2, 0) is 6.54 Å². The van der Waals surface area contributed by atoms with Crippen LogP contribution >= 0.6 is 0 Å². The topological polar surface area (TPSA) is 29.3 Å². The molecule has 0 unspecified atom stereocenters. The highest BCUT2D eigenvalue weighted by molar-refractivity contribution is 5.49. The van der Waals surface area contributed by atoms with Gasteiger partial charge in [-0.25, -0.2) is 0 Å². The first-order chi connectivity index (χ1) is 8.58. The Morgan fingerprint density at radius 1 is 1.33 bits per heavy atom. The van der Waals surface area contributed by atoms with E-state index in [4.69, 9.17) is 5.73 Å². The molecule has 2 heteroatoms. The summed E-state index contributed by atoms with van der Waals surface area (Å²) in [6, 6.07) is 7.11. The van der Waals surface area contributed by atoms with Gasteiger partial charge in [0.15, 0.2) is 0 Å². The Bertz CT molecular complexity index is 394. The van der Waals surface area contributed by atoms with Gasteiger partial charge in [-0.05, 0) is 55.8 Å². The number of nitrogens with two attached hydrogens (primary N) is 1. The summed E-state index contributed by atoms with van der Waals surface area (Å²) in [6.07, 6.45) is 4.04. The van der Waals surface area contributed by atoms with E-state index in [-0.39, 0.29) is 0 Å². The molecule has 1 saturated carbocycles. The molecule has 1 fully saturated rings. The number of nitrogen functional groups attached to an aromatic ring is 1. The third-order valence-corrected chi connectivity index (χ3v) is 3.92. The van der Waals surface area contributed by atoms with Gasteiger partial charge >= 0.3 is 0 Å². The first kappa shape index (κ1) is 13.4. The van der Waals surface area contributed by atoms with Gasteiger partial charge < -0.3 is 5.73 Å². The molecule has 0 saturated heterocycles. The van der Waals surface area contributed by atoms with Gasteiger partial charge in [-0.15, -0.1) is 0 Å². The second-order valence-electron chi connectivity index (χ2n) is 6.02. The molecule has 0 radical (unpaired) electrons. The first-order valence-corrected chi connectivity index (χ1v) is 7.16. The predicted molar refractivity (Wildman–Crippen MR) is 78.5 cm³/mol. The highest BCUT2D eigenvalue weighted by Gasteiger charge is 2.28. The summed E-state index contributed by atoms with van der Waals surface area (Å²) < 4.78 is 0. The monoisotopic (exact) mass is 246 g/mol. The first-order valence-electron chi connectivity index (χ1n) is 7.16. The minimum absolute atomic E-state index is 0.785. The van der Waals surface area contributed by atoms with Gasteiger partial charge in [-0.3, -0.25) is 4.90 Å². The minimum atomic E-state index is 0.785. The van der Waals surface area contributed by atoms with Gasteiger partial charge in [0.05, 0.1) is 0 Å². The summed E-state index contributed by atoms with van der Waals surface area (Å²) in [6.45, 7) is 9.02. The normalized spacial score (nSPS) is 15.6. The van der Waals surface area contributed by atoms with Crippen molar-refractivity contribution in [3.63, 3.8) is 0 Å². The second-order valence-corrected chi connectivity index (χ2v) is 6.02. The zero-order valence-electron chi connectivity index (χ0n) is 11.9. The smallest absolute Gasteiger partial charge is 0.0346 e. The fourth-order valence-electron chi connectivity index (χ4n) is 2.35. The SMILES string of the molecule is Cc1c(N)cccc1CN(CCC(C)C)C1CC1. The van der Waals surface area contributed by atoms with Crippen LogP contribution in [0.4, 0.5) is 5.69 Å². The summed E-state index contributed by atoms with van der Waals surface area (Å²) >= 11 is 0. The molecule has 0 aliphatic heterocycles. The zero-order valence-corrected chi connectivity index (χ0v) is 11.9. The molecule has 0 spiro atoms. The van der Waals surface area contributed by atoms with Crippen molar-refractivity contribution in [2.24, 2.45) is 5.92 Å². The molecule has 0 aromatic heterocycles. The molecule has 1 aliphatic rings. The molecular formula is C16H26N2. The van der Waals surface area contributed by atoms with Gasteiger partial charge in [-0.1, -0.05) is 26.0 Å². The van der Waals surface area contributed by atoms with Crippen LogP contribution in [0.15, 0.2) is 18.2 Å². The molecule has 18 heavy (non-hydrogen) atoms. The Hall–Kier alpha value is -1.02. The van der Waals surface area contributed by atoms with E-state index in [0.29, 0.717) is 0 Å². The summed E-state index contributed by atoms with van der Waals surface area (Å²) in [5.74, 6) is 0.785. The van der Waals surface area contributed by atoms with Crippen molar-refractivity contribution >= 4 is 5.69 Å². The van der Waals surface area contributed by atoms with Crippen LogP contribution in [0.1, 0.15) is 44.2 Å². The van der Waals surface area contributed by atoms with Crippen LogP contribution in [0, 0.1) is 12.8 Å². The van der Waals surface area contributed by atoms with E-state index in [1.807, 2.05) is 6.07 Å². The Labute approximate surface area is 111 Å². The molecule has 0 bridgehead atoms. The summed E-state index contributed by atoms with van der Waals surface area (Å²) in [5, 5.41) is 0. The molecule has 1 aromatic carbocycles. The third kappa shape index (κ3) is 3.49. The lowest BCUT2D eigenvalue weighted by Gasteiger charge is -2.24. The molecule has 1 aromatic rings. The lowest BCUT2D eigenvalue weighted by atomic mass is 10.1. The Balaban J connectivity index is 2.01. The van der Waals surface area contributed by atoms with Crippen LogP contribution in [0.3, 0.4) is 0 Å². The standard InChI is InChI=1S/C16H26N2/c1-12(2)9-10-18(15-7-8-15)11-14-5-4-6-16(17)13(14)3/h4-6,12,15H,7-11,17H2,1-3H3. The van der Waals surface area contributed by atoms with Crippen LogP contribution in [0.5, 0.6) is 0 Å². The van der Waals surface area contributed by atoms with Crippen molar-refractivity contribution in [2.75, 3.05) is 12.3 Å². The Morgan fingerprint density at radius 3 is 2.67 bits per heavy atom. The highest BCUT2D eigenvalue weighted by atomic mass is 15.2. The number of hydrogen-bond donors (Lipinski definition) is 1. The van der Waals surface area contributed by atoms with Crippen molar-refractivity contribution in [2.45, 2.75) is 52.6 Å². The van der Waals surface area contributed by atoms with Gasteiger partial charge in [0.25, 0.3) is 0 Å². The zero-order chi connectivity index (χ0) is 13.1. The lowest BCUT2D eigenvalue weighted by molar-refractivity contribution is 0.239. The molecule has 0 amide bonds. The van der Waals surface area contributed by atoms with E-state index in [1.165, 1.54) is 36.9 Å². The van der Waals surface area contributed by atoms with E-state index in [2.05, 4.69) is 37.8 Å². The van der Waals surface area contributed by atoms with E-state index in [1.54, 1.807) is 0 Å². The molecule has 0 atom stereocenters. The number of hydrogen-bond acceptors (Lipinski definition) is 2. The average molecular weight is 246 g/mol. The minimum Gasteiger partial charge on any atom is -0.399 e. The van der Waals surface area contributed by atoms with Gasteiger partial charge in [-0.2, -0.15) is 0 Å². The van der Waals surface area contributed by atoms with Crippen molar-refractivity contribution in [1.82, 2.24) is 4.90 Å². The predicted octanol–water partition coefficient (Wildman–Crippen LogP) is 3.59. The molecule has 0 heterocycles. The van der Waals surface area contributed by atoms with Crippen LogP contribution in [0.2, 0.25) is 0 Å². The van der Waals surface area contributed by atoms with Gasteiger partial charge in [0.1, 0.15) is 0 Å². The molecule has 100 valence electrons. The lowest BCUT2D eigenvalue weighted by Crippen LogP contribution is -2.28. The second kappa shape index (κ2) is 5.75. The maximum absolute atomic E-state index is 5.99. The van der Waals surface area contributed by atoms with Crippen molar-refractivity contribution < 1.29 is 0 Å². The van der Waals surface area contributed by atoms with E-state index >= 15 is 0 Å². The van der Waals surface area contributed by atoms with E-state index in [0.717, 1.165) is 24.2 Å². The van der Waals surface area contributed by atoms with E-state index in [9.17, 15) is 0 Å². The number of benzene rings is 1. The summed E-state index contributed by atoms with van der Waals surface area (Å²) in [7, 11) is 0. The van der Waals surface area contributed by atoms with E-state index < -0.39 is 0 Å². The fourth-order valence-corrected chi connectivity index (χ4v) is 2.35. The number of rotatable bonds is 6. The van der Waals surface area contributed by atoms with Crippen LogP contribution < -0.4 is 5.73 Å². The molecular weight excluding hydrogens is 220 g/mol. The maximum Gasteiger partial charge on any atom is 0.0346 e. The third-order valence-electron chi connectivity index (χ3n) is 3.92. The van der Waals surface area contributed by atoms with Crippen molar-refractivity contribution in [1.29, 1.82) is 0 Å². The Morgan fingerprint density at radius 2 is 2.06 bits per heavy atom. The van der Waals surface area contributed by atoms with Crippen molar-refractivity contribution in [3.05, 3.63) is 29.3 Å². The van der Waals surface area contributed by atoms with Gasteiger partial charge in [0, 0.05) is 18.3 Å². The fraction of sp³-hybridized carbons (Fsp3) is 0.625. The maximum atomic E-state index is 5.99. The van der Waals surface area contributed by atoms with Crippen LogP contribution in [-0.4, -0.2) is 17.5 Å². The van der Waals surface area contributed by atoms with Gasteiger partial charge in [0.2, 0.25) is 0 Å². The highest BCUT2D eigenvalue weighted by Crippen LogP contribution is 2.30. The average Bonchev–Trinajstić information content (AvgIpc) is 3.13. The quantitative estimate of drug-likeness (QED) is 0.777. The van der Waals surface area contributed by atoms with Crippen LogP contribution in [0.25, 0.3) is 0 Å².